The van der Waals surface area contributed by atoms with Crippen LogP contribution in [-0.4, -0.2) is 105 Å². The van der Waals surface area contributed by atoms with Crippen molar-refractivity contribution in [1.82, 2.24) is 24.7 Å². The van der Waals surface area contributed by atoms with Crippen LogP contribution in [0.1, 0.15) is 55.3 Å². The Morgan fingerprint density at radius 3 is 2.56 bits per heavy atom. The van der Waals surface area contributed by atoms with Gasteiger partial charge in [-0.05, 0) is 63.4 Å². The van der Waals surface area contributed by atoms with Crippen molar-refractivity contribution in [3.8, 4) is 5.75 Å². The quantitative estimate of drug-likeness (QED) is 0.0281. The van der Waals surface area contributed by atoms with Gasteiger partial charge in [0.1, 0.15) is 58.0 Å². The molecule has 7 heterocycles. The number of anilines is 1. The van der Waals surface area contributed by atoms with Crippen LogP contribution in [0.15, 0.2) is 82.9 Å². The first-order chi connectivity index (χ1) is 31.2. The van der Waals surface area contributed by atoms with Crippen LogP contribution in [0.25, 0.3) is 10.9 Å². The number of thioether (sulfide) groups is 1. The first-order valence-electron chi connectivity index (χ1n) is 20.6. The predicted octanol–water partition coefficient (Wildman–Crippen LogP) is 3.38. The Bertz CT molecular complexity index is 2730. The van der Waals surface area contributed by atoms with Gasteiger partial charge in [0.2, 0.25) is 0 Å². The molecule has 0 saturated carbocycles. The van der Waals surface area contributed by atoms with E-state index in [0.29, 0.717) is 29.5 Å². The minimum Gasteiger partial charge on any atom is -1.00 e. The summed E-state index contributed by atoms with van der Waals surface area (Å²) >= 11 is 10.4. The van der Waals surface area contributed by atoms with Gasteiger partial charge >= 0.3 is 12.1 Å². The molecular formula is C44H47ClIN9O8S3. The summed E-state index contributed by atoms with van der Waals surface area (Å²) in [4.78, 5) is 68.3. The maximum atomic E-state index is 14.1. The Kier molecular flexibility index (Phi) is 15.3. The number of thiophene rings is 1. The highest BCUT2D eigenvalue weighted by Crippen LogP contribution is 2.41. The average Bonchev–Trinajstić information content (AvgIpc) is 4.12. The van der Waals surface area contributed by atoms with Gasteiger partial charge in [0.25, 0.3) is 11.8 Å². The van der Waals surface area contributed by atoms with Gasteiger partial charge in [-0.25, -0.2) is 19.1 Å². The molecule has 2 saturated heterocycles. The monoisotopic (exact) mass is 1090 g/mol. The zero-order valence-electron chi connectivity index (χ0n) is 36.6. The summed E-state index contributed by atoms with van der Waals surface area (Å²) in [5.41, 5.74) is 2.31. The highest BCUT2D eigenvalue weighted by molar-refractivity contribution is 8.00. The topological polar surface area (TPSA) is 194 Å². The number of oxime groups is 1. The van der Waals surface area contributed by atoms with Crippen LogP contribution < -0.4 is 43.9 Å². The number of likely N-dealkylation sites (tertiary alicyclic amines) is 1. The molecule has 0 aliphatic carbocycles. The minimum atomic E-state index is -1.05. The van der Waals surface area contributed by atoms with Crippen LogP contribution in [-0.2, 0) is 48.4 Å². The smallest absolute Gasteiger partial charge is 0.413 e. The molecule has 0 radical (unpaired) electrons. The van der Waals surface area contributed by atoms with E-state index >= 15 is 0 Å². The molecule has 8 rings (SSSR count). The highest BCUT2D eigenvalue weighted by atomic mass is 127. The number of β-lactam (4-membered cyclic amide) rings is 1. The Balaban J connectivity index is 0.00000648. The normalized spacial score (nSPS) is 17.2. The zero-order chi connectivity index (χ0) is 46.0. The second-order valence-electron chi connectivity index (χ2n) is 16.4. The standard InChI is InChI=1S/C44H46ClN9O8S3.HI/c1-44(2,3)62-43(58)49-42-48-32(36(45)65-42)33(50-60-5)38(55)47-34-39(56)54-35(41(57)61-22-25-8-10-29(59-4)11-9-25)28(24-64-40(34)54)20-51-16-13-31-26(19-51)12-17-53(31)21-30-18-27(23-63-30)37(46)52-14-6-7-15-52;/h8-13,16-19,23,34,40,46H,6-7,14-15,20-22,24H2,1-5H3,(H-,47,48,49,55,58);1H/b46-37?,50-33-;/t34-,40-;/m1./s1. The molecule has 2 fully saturated rings. The number of amides is 3. The van der Waals surface area contributed by atoms with Crippen LogP contribution >= 0.6 is 46.0 Å². The second kappa shape index (κ2) is 20.7. The van der Waals surface area contributed by atoms with Gasteiger partial charge in [-0.1, -0.05) is 40.2 Å². The lowest BCUT2D eigenvalue weighted by atomic mass is 10.0. The summed E-state index contributed by atoms with van der Waals surface area (Å²) in [7, 11) is 2.81. The molecule has 22 heteroatoms. The Hall–Kier alpha value is -5.23. The lowest BCUT2D eigenvalue weighted by Gasteiger charge is -2.49. The van der Waals surface area contributed by atoms with Crippen LogP contribution in [0.3, 0.4) is 0 Å². The van der Waals surface area contributed by atoms with Gasteiger partial charge in [-0.3, -0.25) is 25.2 Å². The van der Waals surface area contributed by atoms with E-state index in [9.17, 15) is 19.2 Å². The highest BCUT2D eigenvalue weighted by Gasteiger charge is 2.55. The van der Waals surface area contributed by atoms with Crippen molar-refractivity contribution in [2.24, 2.45) is 5.16 Å². The number of benzene rings is 1. The molecule has 1 aromatic carbocycles. The summed E-state index contributed by atoms with van der Waals surface area (Å²) < 4.78 is 20.6. The molecule has 3 aliphatic heterocycles. The third-order valence-electron chi connectivity index (χ3n) is 10.7. The molecule has 2 atom stereocenters. The summed E-state index contributed by atoms with van der Waals surface area (Å²) in [6.45, 7) is 7.90. The third kappa shape index (κ3) is 10.8. The molecule has 0 spiro atoms. The van der Waals surface area contributed by atoms with E-state index < -0.39 is 40.9 Å². The molecule has 4 aromatic heterocycles. The number of fused-ring (bicyclic) bond motifs is 2. The lowest BCUT2D eigenvalue weighted by Crippen LogP contribution is -3.00. The Morgan fingerprint density at radius 1 is 1.09 bits per heavy atom. The van der Waals surface area contributed by atoms with Crippen molar-refractivity contribution in [2.45, 2.75) is 70.3 Å². The number of esters is 1. The molecule has 17 nitrogen and oxygen atoms in total. The van der Waals surface area contributed by atoms with E-state index in [4.69, 9.17) is 36.1 Å². The van der Waals surface area contributed by atoms with Gasteiger partial charge in [-0.2, -0.15) is 0 Å². The van der Waals surface area contributed by atoms with Crippen molar-refractivity contribution >= 4 is 97.5 Å². The predicted molar refractivity (Wildman–Crippen MR) is 249 cm³/mol. The zero-order valence-corrected chi connectivity index (χ0v) is 42.0. The maximum Gasteiger partial charge on any atom is 0.413 e. The molecule has 66 heavy (non-hydrogen) atoms. The summed E-state index contributed by atoms with van der Waals surface area (Å²) in [6, 6.07) is 12.2. The number of nitrogens with one attached hydrogen (secondary N) is 3. The van der Waals surface area contributed by atoms with Crippen molar-refractivity contribution < 1.29 is 66.8 Å². The van der Waals surface area contributed by atoms with E-state index in [-0.39, 0.29) is 63.7 Å². The number of ether oxygens (including phenoxy) is 3. The number of carbonyl (C=O) groups is 4. The first-order valence-corrected chi connectivity index (χ1v) is 23.8. The summed E-state index contributed by atoms with van der Waals surface area (Å²) in [5, 5.41) is 20.2. The fourth-order valence-corrected chi connectivity index (χ4v) is 10.9. The van der Waals surface area contributed by atoms with Crippen molar-refractivity contribution in [3.05, 3.63) is 104 Å². The van der Waals surface area contributed by atoms with Crippen molar-refractivity contribution in [2.75, 3.05) is 38.4 Å². The van der Waals surface area contributed by atoms with Crippen LogP contribution in [0, 0.1) is 5.41 Å². The van der Waals surface area contributed by atoms with Gasteiger partial charge in [-0.15, -0.1) is 23.1 Å². The largest absolute Gasteiger partial charge is 1.00 e. The lowest BCUT2D eigenvalue weighted by molar-refractivity contribution is -0.687. The van der Waals surface area contributed by atoms with Gasteiger partial charge < -0.3 is 57.8 Å². The SMILES string of the molecule is CO/N=C(\C(=O)N[C@@H]1C(=O)N2C(C(=O)OCc3ccc(OC)cc3)=C(C[n+]3ccc4c(ccn4Cc4cc(C(=N)N5CCCC5)cs4)c3)CS[C@H]12)c1nc(NC(=O)OC(C)(C)C)sc1Cl.[I-]. The minimum absolute atomic E-state index is 0. The number of carbonyl (C=O) groups excluding carboxylic acids is 4. The number of aromatic nitrogens is 3. The van der Waals surface area contributed by atoms with Crippen LogP contribution in [0.5, 0.6) is 5.75 Å². The number of pyridine rings is 1. The van der Waals surface area contributed by atoms with E-state index in [1.54, 1.807) is 63.5 Å². The first kappa shape index (κ1) is 48.7. The van der Waals surface area contributed by atoms with Crippen LogP contribution in [0.2, 0.25) is 4.34 Å². The molecule has 3 N–H and O–H groups in total. The number of nitrogens with zero attached hydrogens (tertiary/aromatic N) is 6. The van der Waals surface area contributed by atoms with Crippen LogP contribution in [0.4, 0.5) is 9.93 Å². The molecular weight excluding hydrogens is 1040 g/mol. The third-order valence-corrected chi connectivity index (χ3v) is 14.1. The molecule has 3 aliphatic rings. The van der Waals surface area contributed by atoms with E-state index in [1.807, 2.05) is 35.3 Å². The summed E-state index contributed by atoms with van der Waals surface area (Å²) in [6.07, 6.45) is 7.48. The van der Waals surface area contributed by atoms with Gasteiger partial charge in [0, 0.05) is 52.5 Å². The molecule has 0 bridgehead atoms. The fourth-order valence-electron chi connectivity index (χ4n) is 7.64. The summed E-state index contributed by atoms with van der Waals surface area (Å²) in [5.74, 6) is -0.420. The van der Waals surface area contributed by atoms with Crippen molar-refractivity contribution in [3.63, 3.8) is 0 Å². The Morgan fingerprint density at radius 2 is 1.85 bits per heavy atom. The molecule has 0 unspecified atom stereocenters. The van der Waals surface area contributed by atoms with Gasteiger partial charge in [0.15, 0.2) is 29.8 Å². The number of methoxy groups -OCH3 is 1. The number of hydrogen-bond donors (Lipinski definition) is 3. The fraction of sp³-hybridized carbons (Fsp3) is 0.364. The molecule has 3 amide bonds. The average molecular weight is 1090 g/mol. The van der Waals surface area contributed by atoms with Gasteiger partial charge in [0.05, 0.1) is 24.6 Å². The number of amidine groups is 1. The number of rotatable bonds is 14. The number of hydrogen-bond acceptors (Lipinski definition) is 14. The second-order valence-corrected chi connectivity index (χ2v) is 20.1. The molecule has 5 aromatic rings. The van der Waals surface area contributed by atoms with E-state index in [0.717, 1.165) is 64.2 Å². The van der Waals surface area contributed by atoms with E-state index in [1.165, 1.54) is 23.8 Å². The Labute approximate surface area is 415 Å². The van der Waals surface area contributed by atoms with Crippen molar-refractivity contribution in [1.29, 1.82) is 5.41 Å². The molecule has 348 valence electrons. The number of thiazole rings is 1. The number of halogens is 2. The maximum absolute atomic E-state index is 14.1. The van der Waals surface area contributed by atoms with E-state index in [2.05, 4.69) is 41.7 Å².